The number of nitrogens with one attached hydrogen (secondary N) is 2. The number of aromatic amines is 2. The van der Waals surface area contributed by atoms with Crippen molar-refractivity contribution in [3.63, 3.8) is 0 Å². The number of benzene rings is 1. The van der Waals surface area contributed by atoms with Crippen molar-refractivity contribution in [1.82, 2.24) is 30.3 Å². The van der Waals surface area contributed by atoms with Crippen LogP contribution in [0.2, 0.25) is 0 Å². The van der Waals surface area contributed by atoms with Crippen molar-refractivity contribution in [1.29, 1.82) is 0 Å². The lowest BCUT2D eigenvalue weighted by Crippen LogP contribution is -2.38. The van der Waals surface area contributed by atoms with Crippen molar-refractivity contribution in [2.45, 2.75) is 44.9 Å². The van der Waals surface area contributed by atoms with Gasteiger partial charge in [0.1, 0.15) is 11.6 Å². The zero-order chi connectivity index (χ0) is 21.4. The molecule has 5 rings (SSSR count). The van der Waals surface area contributed by atoms with Gasteiger partial charge in [-0.15, -0.1) is 0 Å². The van der Waals surface area contributed by atoms with Gasteiger partial charge in [0, 0.05) is 31.0 Å². The van der Waals surface area contributed by atoms with Gasteiger partial charge in [-0.05, 0) is 48.9 Å². The number of aromatic nitrogens is 5. The number of ether oxygens (including phenoxy) is 1. The molecule has 1 aromatic carbocycles. The number of aryl methyl sites for hydroxylation is 1. The van der Waals surface area contributed by atoms with Crippen molar-refractivity contribution in [2.24, 2.45) is 5.41 Å². The Hall–Kier alpha value is -3.16. The van der Waals surface area contributed by atoms with Gasteiger partial charge >= 0.3 is 0 Å². The topological polar surface area (TPSA) is 99.8 Å². The fraction of sp³-hybridized carbons (Fsp3) is 0.478. The second-order valence-corrected chi connectivity index (χ2v) is 8.73. The predicted molar refractivity (Wildman–Crippen MR) is 116 cm³/mol. The summed E-state index contributed by atoms with van der Waals surface area (Å²) in [6, 6.07) is 7.64. The summed E-state index contributed by atoms with van der Waals surface area (Å²) in [6.45, 7) is 3.54. The quantitative estimate of drug-likeness (QED) is 0.635. The third-order valence-electron chi connectivity index (χ3n) is 6.88. The number of H-pyrrole nitrogens is 2. The number of rotatable bonds is 6. The number of nitrogens with zero attached hydrogens (tertiary/aromatic N) is 4. The van der Waals surface area contributed by atoms with Crippen LogP contribution in [-0.2, 0) is 6.42 Å². The molecule has 1 atom stereocenters. The lowest BCUT2D eigenvalue weighted by Gasteiger charge is -2.41. The van der Waals surface area contributed by atoms with Crippen LogP contribution in [0.15, 0.2) is 30.5 Å². The molecule has 8 nitrogen and oxygen atoms in total. The third kappa shape index (κ3) is 3.40. The van der Waals surface area contributed by atoms with Crippen molar-refractivity contribution in [3.05, 3.63) is 47.7 Å². The van der Waals surface area contributed by atoms with Crippen LogP contribution >= 0.6 is 0 Å². The number of amides is 1. The van der Waals surface area contributed by atoms with E-state index < -0.39 is 0 Å². The Morgan fingerprint density at radius 2 is 2.06 bits per heavy atom. The van der Waals surface area contributed by atoms with E-state index in [-0.39, 0.29) is 17.2 Å². The molecular formula is C23H28N6O2. The Labute approximate surface area is 181 Å². The Balaban J connectivity index is 1.40. The van der Waals surface area contributed by atoms with Gasteiger partial charge in [0.2, 0.25) is 0 Å². The van der Waals surface area contributed by atoms with E-state index in [0.29, 0.717) is 12.1 Å². The maximum atomic E-state index is 13.5. The van der Waals surface area contributed by atoms with Gasteiger partial charge in [0.15, 0.2) is 5.82 Å². The molecule has 8 heteroatoms. The van der Waals surface area contributed by atoms with Crippen molar-refractivity contribution in [3.8, 4) is 17.0 Å². The molecule has 0 bridgehead atoms. The summed E-state index contributed by atoms with van der Waals surface area (Å²) in [7, 11) is 1.64. The standard InChI is InChI=1S/C23H28N6O2/c1-3-5-19-25-21(28-26-19)18-13-29(14-23(18)10-4-11-23)22(30)17-12-24-27-20(17)15-6-8-16(31-2)9-7-15/h6-9,12,18H,3-5,10-11,13-14H2,1-2H3,(H,24,27)(H,25,26,28). The van der Waals surface area contributed by atoms with Crippen LogP contribution in [0.5, 0.6) is 5.75 Å². The SMILES string of the molecule is CCCc1nc(C2CN(C(=O)c3cn[nH]c3-c3ccc(OC)cc3)CC23CCC3)n[nH]1. The van der Waals surface area contributed by atoms with E-state index in [1.54, 1.807) is 13.3 Å². The predicted octanol–water partition coefficient (Wildman–Crippen LogP) is 3.57. The highest BCUT2D eigenvalue weighted by Crippen LogP contribution is 2.55. The summed E-state index contributed by atoms with van der Waals surface area (Å²) >= 11 is 0. The molecule has 3 heterocycles. The van der Waals surface area contributed by atoms with Crippen LogP contribution < -0.4 is 4.74 Å². The largest absolute Gasteiger partial charge is 0.497 e. The summed E-state index contributed by atoms with van der Waals surface area (Å²) in [6.07, 6.45) is 7.01. The highest BCUT2D eigenvalue weighted by Gasteiger charge is 2.53. The first-order valence-corrected chi connectivity index (χ1v) is 11.0. The molecule has 2 fully saturated rings. The molecule has 1 unspecified atom stereocenters. The Morgan fingerprint density at radius 3 is 2.74 bits per heavy atom. The number of hydrogen-bond acceptors (Lipinski definition) is 5. The highest BCUT2D eigenvalue weighted by atomic mass is 16.5. The molecule has 2 aliphatic rings. The average molecular weight is 421 g/mol. The van der Waals surface area contributed by atoms with Gasteiger partial charge in [0.25, 0.3) is 5.91 Å². The fourth-order valence-electron chi connectivity index (χ4n) is 5.03. The first-order chi connectivity index (χ1) is 15.1. The first kappa shape index (κ1) is 19.8. The zero-order valence-corrected chi connectivity index (χ0v) is 18.0. The summed E-state index contributed by atoms with van der Waals surface area (Å²) < 4.78 is 5.24. The van der Waals surface area contributed by atoms with Gasteiger partial charge in [-0.1, -0.05) is 13.3 Å². The second kappa shape index (κ2) is 7.83. The molecule has 162 valence electrons. The lowest BCUT2D eigenvalue weighted by molar-refractivity contribution is 0.0724. The minimum absolute atomic E-state index is 0.0117. The molecule has 1 amide bonds. The Bertz CT molecular complexity index is 1070. The smallest absolute Gasteiger partial charge is 0.257 e. The number of carbonyl (C=O) groups excluding carboxylic acids is 1. The van der Waals surface area contributed by atoms with Crippen LogP contribution in [0, 0.1) is 5.41 Å². The van der Waals surface area contributed by atoms with E-state index >= 15 is 0 Å². The van der Waals surface area contributed by atoms with E-state index in [1.807, 2.05) is 29.2 Å². The molecule has 1 saturated carbocycles. The molecule has 1 spiro atoms. The Kier molecular flexibility index (Phi) is 5.00. The maximum Gasteiger partial charge on any atom is 0.257 e. The van der Waals surface area contributed by atoms with E-state index in [9.17, 15) is 4.79 Å². The second-order valence-electron chi connectivity index (χ2n) is 8.73. The van der Waals surface area contributed by atoms with Crippen LogP contribution in [0.4, 0.5) is 0 Å². The van der Waals surface area contributed by atoms with Gasteiger partial charge in [-0.2, -0.15) is 10.2 Å². The molecule has 0 radical (unpaired) electrons. The first-order valence-electron chi connectivity index (χ1n) is 11.0. The van der Waals surface area contributed by atoms with Crippen LogP contribution in [0.25, 0.3) is 11.3 Å². The number of carbonyl (C=O) groups is 1. The molecule has 1 saturated heterocycles. The van der Waals surface area contributed by atoms with Gasteiger partial charge in [0.05, 0.1) is 24.6 Å². The van der Waals surface area contributed by atoms with Gasteiger partial charge in [-0.3, -0.25) is 15.0 Å². The van der Waals surface area contributed by atoms with Crippen molar-refractivity contribution < 1.29 is 9.53 Å². The molecule has 2 N–H and O–H groups in total. The minimum atomic E-state index is 0.0117. The summed E-state index contributed by atoms with van der Waals surface area (Å²) in [5.74, 6) is 2.77. The van der Waals surface area contributed by atoms with Crippen LogP contribution in [0.3, 0.4) is 0 Å². The van der Waals surface area contributed by atoms with Gasteiger partial charge < -0.3 is 9.64 Å². The minimum Gasteiger partial charge on any atom is -0.497 e. The lowest BCUT2D eigenvalue weighted by atomic mass is 9.62. The average Bonchev–Trinajstić information content (AvgIpc) is 3.50. The molecule has 2 aromatic heterocycles. The monoisotopic (exact) mass is 420 g/mol. The van der Waals surface area contributed by atoms with E-state index in [0.717, 1.165) is 60.9 Å². The van der Waals surface area contributed by atoms with Gasteiger partial charge in [-0.25, -0.2) is 4.98 Å². The normalized spacial score (nSPS) is 19.5. The van der Waals surface area contributed by atoms with E-state index in [4.69, 9.17) is 9.72 Å². The summed E-state index contributed by atoms with van der Waals surface area (Å²) in [4.78, 5) is 20.3. The van der Waals surface area contributed by atoms with Crippen LogP contribution in [-0.4, -0.2) is 56.4 Å². The molecular weight excluding hydrogens is 392 g/mol. The highest BCUT2D eigenvalue weighted by molar-refractivity contribution is 6.00. The molecule has 1 aliphatic carbocycles. The zero-order valence-electron chi connectivity index (χ0n) is 18.0. The molecule has 1 aliphatic heterocycles. The number of methoxy groups -OCH3 is 1. The maximum absolute atomic E-state index is 13.5. The van der Waals surface area contributed by atoms with Crippen molar-refractivity contribution in [2.75, 3.05) is 20.2 Å². The summed E-state index contributed by atoms with van der Waals surface area (Å²) in [5, 5.41) is 14.8. The number of likely N-dealkylation sites (tertiary alicyclic amines) is 1. The fourth-order valence-corrected chi connectivity index (χ4v) is 5.03. The van der Waals surface area contributed by atoms with E-state index in [1.165, 1.54) is 6.42 Å². The third-order valence-corrected chi connectivity index (χ3v) is 6.88. The van der Waals surface area contributed by atoms with Crippen LogP contribution in [0.1, 0.15) is 60.5 Å². The van der Waals surface area contributed by atoms with Crippen molar-refractivity contribution >= 4 is 5.91 Å². The molecule has 3 aromatic rings. The number of hydrogen-bond donors (Lipinski definition) is 2. The van der Waals surface area contributed by atoms with E-state index in [2.05, 4.69) is 27.3 Å². The molecule has 31 heavy (non-hydrogen) atoms. The summed E-state index contributed by atoms with van der Waals surface area (Å²) in [5.41, 5.74) is 2.35. The Morgan fingerprint density at radius 1 is 1.26 bits per heavy atom.